The Bertz CT molecular complexity index is 873. The number of benzene rings is 2. The summed E-state index contributed by atoms with van der Waals surface area (Å²) >= 11 is 5.80. The van der Waals surface area contributed by atoms with E-state index in [2.05, 4.69) is 10.0 Å². The number of amides is 1. The molecule has 0 spiro atoms. The van der Waals surface area contributed by atoms with E-state index in [-0.39, 0.29) is 10.8 Å². The van der Waals surface area contributed by atoms with Gasteiger partial charge in [-0.3, -0.25) is 4.79 Å². The zero-order valence-electron chi connectivity index (χ0n) is 15.5. The number of carbonyl (C=O) groups excluding carboxylic acids is 1. The average Bonchev–Trinajstić information content (AvgIpc) is 2.58. The highest BCUT2D eigenvalue weighted by molar-refractivity contribution is 7.89. The molecule has 8 heteroatoms. The molecule has 0 aromatic heterocycles. The third kappa shape index (κ3) is 6.86. The molecule has 2 rings (SSSR count). The molecule has 0 heterocycles. The van der Waals surface area contributed by atoms with Gasteiger partial charge in [0, 0.05) is 16.1 Å². The number of hydrogen-bond acceptors (Lipinski definition) is 4. The van der Waals surface area contributed by atoms with Crippen molar-refractivity contribution in [1.82, 2.24) is 10.0 Å². The van der Waals surface area contributed by atoms with Gasteiger partial charge in [0.15, 0.2) is 0 Å². The molecule has 0 aliphatic carbocycles. The van der Waals surface area contributed by atoms with Gasteiger partial charge in [0.2, 0.25) is 10.0 Å². The predicted molar refractivity (Wildman–Crippen MR) is 106 cm³/mol. The number of carbonyl (C=O) groups is 1. The third-order valence-electron chi connectivity index (χ3n) is 3.34. The van der Waals surface area contributed by atoms with E-state index in [1.165, 1.54) is 24.3 Å². The zero-order valence-corrected chi connectivity index (χ0v) is 17.0. The molecule has 6 nitrogen and oxygen atoms in total. The number of nitrogens with one attached hydrogen (secondary N) is 2. The fourth-order valence-electron chi connectivity index (χ4n) is 2.21. The highest BCUT2D eigenvalue weighted by Gasteiger charge is 2.22. The van der Waals surface area contributed by atoms with Gasteiger partial charge in [-0.1, -0.05) is 11.6 Å². The van der Waals surface area contributed by atoms with Crippen molar-refractivity contribution in [2.45, 2.75) is 31.2 Å². The summed E-state index contributed by atoms with van der Waals surface area (Å²) in [5.41, 5.74) is -0.213. The SMILES string of the molecule is CC(C)(C)NS(=O)(=O)c1ccc(C(=O)NCCOc2ccc(Cl)cc2)cc1. The molecule has 0 atom stereocenters. The summed E-state index contributed by atoms with van der Waals surface area (Å²) < 4.78 is 32.6. The van der Waals surface area contributed by atoms with Crippen LogP contribution in [0.2, 0.25) is 5.02 Å². The van der Waals surface area contributed by atoms with Crippen molar-refractivity contribution in [3.05, 3.63) is 59.1 Å². The van der Waals surface area contributed by atoms with E-state index in [0.717, 1.165) is 0 Å². The summed E-state index contributed by atoms with van der Waals surface area (Å²) in [5, 5.41) is 3.35. The second-order valence-electron chi connectivity index (χ2n) is 6.94. The monoisotopic (exact) mass is 410 g/mol. The Balaban J connectivity index is 1.87. The fraction of sp³-hybridized carbons (Fsp3) is 0.316. The highest BCUT2D eigenvalue weighted by Crippen LogP contribution is 2.15. The van der Waals surface area contributed by atoms with Crippen molar-refractivity contribution in [3.8, 4) is 5.75 Å². The van der Waals surface area contributed by atoms with Crippen molar-refractivity contribution in [3.63, 3.8) is 0 Å². The summed E-state index contributed by atoms with van der Waals surface area (Å²) in [6, 6.07) is 12.7. The number of rotatable bonds is 7. The van der Waals surface area contributed by atoms with Crippen molar-refractivity contribution < 1.29 is 17.9 Å². The summed E-state index contributed by atoms with van der Waals surface area (Å²) in [5.74, 6) is 0.358. The maximum atomic E-state index is 12.3. The van der Waals surface area contributed by atoms with Crippen LogP contribution in [0.1, 0.15) is 31.1 Å². The van der Waals surface area contributed by atoms with E-state index in [4.69, 9.17) is 16.3 Å². The standard InChI is InChI=1S/C19H23ClN2O4S/c1-19(2,3)22-27(24,25)17-10-4-14(5-11-17)18(23)21-12-13-26-16-8-6-15(20)7-9-16/h4-11,22H,12-13H2,1-3H3,(H,21,23). The third-order valence-corrected chi connectivity index (χ3v) is 5.36. The normalized spacial score (nSPS) is 11.9. The first-order valence-corrected chi connectivity index (χ1v) is 10.2. The lowest BCUT2D eigenvalue weighted by molar-refractivity contribution is 0.0947. The lowest BCUT2D eigenvalue weighted by Gasteiger charge is -2.20. The van der Waals surface area contributed by atoms with Crippen LogP contribution in [0.25, 0.3) is 0 Å². The van der Waals surface area contributed by atoms with Crippen LogP contribution >= 0.6 is 11.6 Å². The molecular formula is C19H23ClN2O4S. The molecule has 2 aromatic carbocycles. The topological polar surface area (TPSA) is 84.5 Å². The van der Waals surface area contributed by atoms with Gasteiger partial charge in [0.1, 0.15) is 12.4 Å². The lowest BCUT2D eigenvalue weighted by atomic mass is 10.1. The maximum absolute atomic E-state index is 12.3. The van der Waals surface area contributed by atoms with Gasteiger partial charge in [-0.05, 0) is 69.3 Å². The number of halogens is 1. The molecule has 0 unspecified atom stereocenters. The molecule has 0 radical (unpaired) electrons. The van der Waals surface area contributed by atoms with Crippen LogP contribution in [-0.4, -0.2) is 33.0 Å². The molecule has 0 aliphatic rings. The number of ether oxygens (including phenoxy) is 1. The first-order chi connectivity index (χ1) is 12.6. The van der Waals surface area contributed by atoms with Gasteiger partial charge in [0.05, 0.1) is 11.4 Å². The Morgan fingerprint density at radius 2 is 1.63 bits per heavy atom. The lowest BCUT2D eigenvalue weighted by Crippen LogP contribution is -2.40. The first-order valence-electron chi connectivity index (χ1n) is 8.37. The average molecular weight is 411 g/mol. The molecule has 2 N–H and O–H groups in total. The van der Waals surface area contributed by atoms with Gasteiger partial charge in [0.25, 0.3) is 5.91 Å². The summed E-state index contributed by atoms with van der Waals surface area (Å²) in [7, 11) is -3.63. The van der Waals surface area contributed by atoms with Gasteiger partial charge < -0.3 is 10.1 Å². The van der Waals surface area contributed by atoms with Crippen LogP contribution in [0, 0.1) is 0 Å². The highest BCUT2D eigenvalue weighted by atomic mass is 35.5. The Morgan fingerprint density at radius 3 is 2.19 bits per heavy atom. The minimum Gasteiger partial charge on any atom is -0.492 e. The quantitative estimate of drug-likeness (QED) is 0.686. The Kier molecular flexibility index (Phi) is 6.86. The van der Waals surface area contributed by atoms with Crippen LogP contribution in [0.3, 0.4) is 0 Å². The van der Waals surface area contributed by atoms with Crippen molar-refractivity contribution >= 4 is 27.5 Å². The number of sulfonamides is 1. The molecule has 1 amide bonds. The van der Waals surface area contributed by atoms with E-state index in [1.54, 1.807) is 45.0 Å². The van der Waals surface area contributed by atoms with E-state index in [9.17, 15) is 13.2 Å². The first kappa shape index (κ1) is 21.2. The smallest absolute Gasteiger partial charge is 0.251 e. The van der Waals surface area contributed by atoms with Crippen molar-refractivity contribution in [1.29, 1.82) is 0 Å². The molecule has 0 fully saturated rings. The summed E-state index contributed by atoms with van der Waals surface area (Å²) in [6.45, 7) is 5.90. The van der Waals surface area contributed by atoms with Crippen LogP contribution in [0.5, 0.6) is 5.75 Å². The second-order valence-corrected chi connectivity index (χ2v) is 9.06. The number of hydrogen-bond donors (Lipinski definition) is 2. The van der Waals surface area contributed by atoms with Gasteiger partial charge in [-0.25, -0.2) is 13.1 Å². The van der Waals surface area contributed by atoms with E-state index in [0.29, 0.717) is 29.5 Å². The van der Waals surface area contributed by atoms with Gasteiger partial charge in [-0.15, -0.1) is 0 Å². The van der Waals surface area contributed by atoms with E-state index >= 15 is 0 Å². The largest absolute Gasteiger partial charge is 0.492 e. The van der Waals surface area contributed by atoms with E-state index < -0.39 is 15.6 Å². The van der Waals surface area contributed by atoms with Crippen molar-refractivity contribution in [2.75, 3.05) is 13.2 Å². The Labute approximate surface area is 164 Å². The zero-order chi connectivity index (χ0) is 20.1. The molecule has 27 heavy (non-hydrogen) atoms. The fourth-order valence-corrected chi connectivity index (χ4v) is 3.76. The molecule has 146 valence electrons. The molecule has 0 saturated heterocycles. The van der Waals surface area contributed by atoms with E-state index in [1.807, 2.05) is 0 Å². The molecule has 0 saturated carbocycles. The van der Waals surface area contributed by atoms with Gasteiger partial charge in [-0.2, -0.15) is 0 Å². The molecular weight excluding hydrogens is 388 g/mol. The van der Waals surface area contributed by atoms with Crippen LogP contribution in [0.4, 0.5) is 0 Å². The summed E-state index contributed by atoms with van der Waals surface area (Å²) in [4.78, 5) is 12.3. The van der Waals surface area contributed by atoms with Crippen LogP contribution < -0.4 is 14.8 Å². The molecule has 2 aromatic rings. The van der Waals surface area contributed by atoms with Crippen LogP contribution in [-0.2, 0) is 10.0 Å². The Morgan fingerprint density at radius 1 is 1.04 bits per heavy atom. The summed E-state index contributed by atoms with van der Waals surface area (Å²) in [6.07, 6.45) is 0. The van der Waals surface area contributed by atoms with Crippen molar-refractivity contribution in [2.24, 2.45) is 0 Å². The molecule has 0 aliphatic heterocycles. The maximum Gasteiger partial charge on any atom is 0.251 e. The second kappa shape index (κ2) is 8.73. The predicted octanol–water partition coefficient (Wildman–Crippen LogP) is 3.23. The molecule has 0 bridgehead atoms. The Hall–Kier alpha value is -2.09. The minimum atomic E-state index is -3.63. The minimum absolute atomic E-state index is 0.111. The van der Waals surface area contributed by atoms with Gasteiger partial charge >= 0.3 is 0 Å². The van der Waals surface area contributed by atoms with Crippen LogP contribution in [0.15, 0.2) is 53.4 Å².